The van der Waals surface area contributed by atoms with Crippen LogP contribution >= 0.6 is 0 Å². The number of hydrogen-bond acceptors (Lipinski definition) is 7. The lowest BCUT2D eigenvalue weighted by molar-refractivity contribution is -0.146. The van der Waals surface area contributed by atoms with E-state index in [1.165, 1.54) is 28.7 Å². The first kappa shape index (κ1) is 35.7. The first-order valence-corrected chi connectivity index (χ1v) is 16.1. The molecule has 0 spiro atoms. The summed E-state index contributed by atoms with van der Waals surface area (Å²) in [5.74, 6) is -3.16. The number of aliphatic hydroxyl groups is 1. The van der Waals surface area contributed by atoms with Gasteiger partial charge in [0.2, 0.25) is 0 Å². The maximum atomic E-state index is 15.7. The Labute approximate surface area is 283 Å². The van der Waals surface area contributed by atoms with Gasteiger partial charge in [0.15, 0.2) is 0 Å². The highest BCUT2D eigenvalue weighted by atomic mass is 19.1. The lowest BCUT2D eigenvalue weighted by Gasteiger charge is -2.46. The molecule has 0 saturated carbocycles. The monoisotopic (exact) mass is 685 g/mol. The van der Waals surface area contributed by atoms with Crippen LogP contribution in [0.1, 0.15) is 45.1 Å². The number of hydrogen-bond donors (Lipinski definition) is 1. The summed E-state index contributed by atoms with van der Waals surface area (Å²) < 4.78 is 57.2. The molecule has 4 unspecified atom stereocenters. The van der Waals surface area contributed by atoms with Crippen LogP contribution in [0.3, 0.4) is 0 Å². The van der Waals surface area contributed by atoms with E-state index in [0.717, 1.165) is 23.8 Å². The van der Waals surface area contributed by atoms with Crippen LogP contribution < -0.4 is 0 Å². The quantitative estimate of drug-likeness (QED) is 0.336. The minimum absolute atomic E-state index is 0.0520. The molecule has 0 radical (unpaired) electrons. The van der Waals surface area contributed by atoms with Crippen molar-refractivity contribution in [2.75, 3.05) is 39.8 Å². The van der Waals surface area contributed by atoms with Gasteiger partial charge in [0, 0.05) is 56.3 Å². The lowest BCUT2D eigenvalue weighted by atomic mass is 9.88. The molecular formula is C35H42F3N5O6. The molecule has 1 N–H and O–H groups in total. The Morgan fingerprint density at radius 1 is 1.02 bits per heavy atom. The molecule has 264 valence electrons. The normalized spacial score (nSPS) is 19.3. The number of carbonyl (C=O) groups excluding carboxylic acids is 3. The summed E-state index contributed by atoms with van der Waals surface area (Å²) in [6, 6.07) is 11.4. The Bertz CT molecular complexity index is 1660. The average Bonchev–Trinajstić information content (AvgIpc) is 3.60. The van der Waals surface area contributed by atoms with Crippen LogP contribution in [0.15, 0.2) is 54.7 Å². The maximum Gasteiger partial charge on any atom is 0.410 e. The van der Waals surface area contributed by atoms with Crippen LogP contribution in [-0.2, 0) is 20.8 Å². The smallest absolute Gasteiger partial charge is 0.410 e. The highest BCUT2D eigenvalue weighted by Crippen LogP contribution is 2.39. The summed E-state index contributed by atoms with van der Waals surface area (Å²) in [5.41, 5.74) is 0.0432. The van der Waals surface area contributed by atoms with Crippen molar-refractivity contribution in [1.82, 2.24) is 24.3 Å². The summed E-state index contributed by atoms with van der Waals surface area (Å²) in [5, 5.41) is 10.6. The summed E-state index contributed by atoms with van der Waals surface area (Å²) in [6.45, 7) is 6.40. The molecule has 3 heterocycles. The minimum Gasteiger partial charge on any atom is -0.453 e. The zero-order valence-corrected chi connectivity index (χ0v) is 28.2. The van der Waals surface area contributed by atoms with E-state index in [9.17, 15) is 23.9 Å². The SMILES string of the molecule is COC(=O)N1CC(C(c2nc(-c3cc(F)ccc3F)cn2Cc2ccccc2)N(CC2CN(C(=O)OC(C)(C)C)CC2F)C(=O)C(C)O)C1. The third-order valence-corrected chi connectivity index (χ3v) is 8.68. The number of methoxy groups -OCH3 is 1. The molecule has 1 aromatic heterocycles. The predicted octanol–water partition coefficient (Wildman–Crippen LogP) is 5.03. The zero-order chi connectivity index (χ0) is 35.6. The van der Waals surface area contributed by atoms with Crippen LogP contribution in [0.25, 0.3) is 11.3 Å². The topological polar surface area (TPSA) is 117 Å². The zero-order valence-electron chi connectivity index (χ0n) is 28.2. The fourth-order valence-corrected chi connectivity index (χ4v) is 6.30. The van der Waals surface area contributed by atoms with Crippen molar-refractivity contribution in [2.24, 2.45) is 11.8 Å². The molecular weight excluding hydrogens is 643 g/mol. The first-order valence-electron chi connectivity index (χ1n) is 16.1. The van der Waals surface area contributed by atoms with E-state index in [2.05, 4.69) is 0 Å². The number of likely N-dealkylation sites (tertiary alicyclic amines) is 2. The van der Waals surface area contributed by atoms with Crippen LogP contribution in [0.4, 0.5) is 22.8 Å². The van der Waals surface area contributed by atoms with E-state index >= 15 is 8.78 Å². The third kappa shape index (κ3) is 8.18. The molecule has 4 atom stereocenters. The number of aromatic nitrogens is 2. The number of nitrogens with zero attached hydrogens (tertiary/aromatic N) is 5. The Morgan fingerprint density at radius 3 is 2.33 bits per heavy atom. The molecule has 2 aromatic carbocycles. The van der Waals surface area contributed by atoms with Crippen molar-refractivity contribution in [3.8, 4) is 11.3 Å². The second-order valence-electron chi connectivity index (χ2n) is 13.6. The van der Waals surface area contributed by atoms with E-state index in [1.807, 2.05) is 30.3 Å². The first-order chi connectivity index (χ1) is 23.1. The molecule has 0 bridgehead atoms. The summed E-state index contributed by atoms with van der Waals surface area (Å²) in [4.78, 5) is 47.9. The molecule has 3 amide bonds. The number of aliphatic hydroxyl groups excluding tert-OH is 1. The number of alkyl halides is 1. The van der Waals surface area contributed by atoms with Gasteiger partial charge in [0.25, 0.3) is 5.91 Å². The number of imidazole rings is 1. The summed E-state index contributed by atoms with van der Waals surface area (Å²) in [6.07, 6.45) is -2.72. The molecule has 0 aliphatic carbocycles. The Balaban J connectivity index is 1.59. The number of ether oxygens (including phenoxy) is 2. The van der Waals surface area contributed by atoms with Gasteiger partial charge >= 0.3 is 12.2 Å². The van der Waals surface area contributed by atoms with E-state index < -0.39 is 65.5 Å². The predicted molar refractivity (Wildman–Crippen MR) is 173 cm³/mol. The van der Waals surface area contributed by atoms with E-state index in [0.29, 0.717) is 0 Å². The van der Waals surface area contributed by atoms with Gasteiger partial charge < -0.3 is 33.8 Å². The van der Waals surface area contributed by atoms with Gasteiger partial charge in [-0.1, -0.05) is 30.3 Å². The highest BCUT2D eigenvalue weighted by molar-refractivity contribution is 5.81. The van der Waals surface area contributed by atoms with Gasteiger partial charge in [0.1, 0.15) is 35.3 Å². The molecule has 2 aliphatic heterocycles. The van der Waals surface area contributed by atoms with Crippen molar-refractivity contribution in [3.63, 3.8) is 0 Å². The number of benzene rings is 2. The van der Waals surface area contributed by atoms with Gasteiger partial charge in [-0.3, -0.25) is 4.79 Å². The van der Waals surface area contributed by atoms with Crippen LogP contribution in [0.2, 0.25) is 0 Å². The third-order valence-electron chi connectivity index (χ3n) is 8.68. The number of carbonyl (C=O) groups is 3. The van der Waals surface area contributed by atoms with Gasteiger partial charge in [0.05, 0.1) is 25.4 Å². The fraction of sp³-hybridized carbons (Fsp3) is 0.486. The van der Waals surface area contributed by atoms with Crippen molar-refractivity contribution >= 4 is 18.1 Å². The van der Waals surface area contributed by atoms with Crippen LogP contribution in [-0.4, -0.2) is 105 Å². The summed E-state index contributed by atoms with van der Waals surface area (Å²) >= 11 is 0. The van der Waals surface area contributed by atoms with E-state index in [4.69, 9.17) is 14.5 Å². The van der Waals surface area contributed by atoms with Gasteiger partial charge in [-0.15, -0.1) is 0 Å². The Kier molecular flexibility index (Phi) is 10.6. The molecule has 49 heavy (non-hydrogen) atoms. The molecule has 14 heteroatoms. The van der Waals surface area contributed by atoms with Crippen molar-refractivity contribution < 1.29 is 42.1 Å². The van der Waals surface area contributed by atoms with Crippen molar-refractivity contribution in [3.05, 3.63) is 77.8 Å². The molecule has 3 aromatic rings. The van der Waals surface area contributed by atoms with Crippen molar-refractivity contribution in [2.45, 2.75) is 58.2 Å². The molecule has 11 nitrogen and oxygen atoms in total. The Morgan fingerprint density at radius 2 is 1.69 bits per heavy atom. The second-order valence-corrected chi connectivity index (χ2v) is 13.6. The molecule has 2 aliphatic rings. The molecule has 2 fully saturated rings. The number of rotatable bonds is 9. The van der Waals surface area contributed by atoms with Crippen LogP contribution in [0, 0.1) is 23.5 Å². The highest BCUT2D eigenvalue weighted by Gasteiger charge is 2.47. The number of amides is 3. The standard InChI is InChI=1S/C35H42F3N5O6/c1-21(44)32(45)43(18-23-15-42(19-28(23)38)34(47)49-35(2,3)4)30(24-16-41(17-24)33(46)48-5)31-39-29(26-13-25(36)11-12-27(26)37)20-40(31)14-22-9-7-6-8-10-22/h6-13,20-21,23-24,28,30,44H,14-19H2,1-5H3. The second kappa shape index (κ2) is 14.5. The number of halogens is 3. The minimum atomic E-state index is -1.52. The van der Waals surface area contributed by atoms with Gasteiger partial charge in [-0.2, -0.15) is 0 Å². The van der Waals surface area contributed by atoms with Gasteiger partial charge in [-0.25, -0.2) is 27.7 Å². The van der Waals surface area contributed by atoms with E-state index in [-0.39, 0.29) is 56.4 Å². The van der Waals surface area contributed by atoms with Crippen molar-refractivity contribution in [1.29, 1.82) is 0 Å². The van der Waals surface area contributed by atoms with Crippen LogP contribution in [0.5, 0.6) is 0 Å². The molecule has 2 saturated heterocycles. The van der Waals surface area contributed by atoms with E-state index in [1.54, 1.807) is 31.5 Å². The summed E-state index contributed by atoms with van der Waals surface area (Å²) in [7, 11) is 1.25. The lowest BCUT2D eigenvalue weighted by Crippen LogP contribution is -2.57. The largest absolute Gasteiger partial charge is 0.453 e. The van der Waals surface area contributed by atoms with Gasteiger partial charge in [-0.05, 0) is 51.5 Å². The molecule has 5 rings (SSSR count). The average molecular weight is 686 g/mol. The fourth-order valence-electron chi connectivity index (χ4n) is 6.30. The maximum absolute atomic E-state index is 15.7. The Hall–Kier alpha value is -4.59.